The molecule has 13 heavy (non-hydrogen) atoms. The van der Waals surface area contributed by atoms with Crippen molar-refractivity contribution in [2.24, 2.45) is 0 Å². The summed E-state index contributed by atoms with van der Waals surface area (Å²) in [5.74, 6) is -0.0944. The Balaban J connectivity index is 2.17. The van der Waals surface area contributed by atoms with E-state index in [1.165, 1.54) is 6.07 Å². The molecule has 1 saturated heterocycles. The maximum Gasteiger partial charge on any atom is 0.363 e. The van der Waals surface area contributed by atoms with E-state index in [0.717, 1.165) is 18.5 Å². The third-order valence-corrected chi connectivity index (χ3v) is 2.18. The molecule has 0 saturated carbocycles. The van der Waals surface area contributed by atoms with Gasteiger partial charge in [-0.2, -0.15) is 0 Å². The number of nitrogens with zero attached hydrogens (tertiary/aromatic N) is 2. The monoisotopic (exact) mass is 179 g/mol. The van der Waals surface area contributed by atoms with Crippen molar-refractivity contribution in [1.29, 1.82) is 0 Å². The molecule has 5 heteroatoms. The summed E-state index contributed by atoms with van der Waals surface area (Å²) >= 11 is 0. The van der Waals surface area contributed by atoms with Gasteiger partial charge >= 0.3 is 5.82 Å². The van der Waals surface area contributed by atoms with Crippen LogP contribution in [0.3, 0.4) is 0 Å². The zero-order valence-electron chi connectivity index (χ0n) is 6.93. The molecule has 0 bridgehead atoms. The van der Waals surface area contributed by atoms with Crippen molar-refractivity contribution in [3.8, 4) is 0 Å². The Morgan fingerprint density at radius 1 is 1.62 bits per heavy atom. The van der Waals surface area contributed by atoms with Crippen LogP contribution in [-0.4, -0.2) is 16.5 Å². The van der Waals surface area contributed by atoms with Crippen LogP contribution in [0, 0.1) is 10.1 Å². The first-order valence-corrected chi connectivity index (χ1v) is 4.11. The Labute approximate surface area is 74.9 Å². The lowest BCUT2D eigenvalue weighted by Gasteiger charge is -2.26. The molecular weight excluding hydrogens is 170 g/mol. The van der Waals surface area contributed by atoms with Crippen LogP contribution < -0.4 is 5.32 Å². The molecule has 0 aliphatic carbocycles. The maximum absolute atomic E-state index is 10.3. The van der Waals surface area contributed by atoms with Gasteiger partial charge in [0.25, 0.3) is 0 Å². The van der Waals surface area contributed by atoms with Gasteiger partial charge in [-0.25, -0.2) is 0 Å². The molecular formula is C8H9N3O2. The van der Waals surface area contributed by atoms with Crippen LogP contribution >= 0.6 is 0 Å². The molecule has 1 aromatic rings. The van der Waals surface area contributed by atoms with E-state index >= 15 is 0 Å². The van der Waals surface area contributed by atoms with Crippen LogP contribution in [0.15, 0.2) is 18.3 Å². The Hall–Kier alpha value is -1.49. The lowest BCUT2D eigenvalue weighted by atomic mass is 10.00. The van der Waals surface area contributed by atoms with Crippen molar-refractivity contribution in [3.05, 3.63) is 34.0 Å². The summed E-state index contributed by atoms with van der Waals surface area (Å²) in [5.41, 5.74) is 1.02. The van der Waals surface area contributed by atoms with Crippen LogP contribution in [0.4, 0.5) is 5.82 Å². The molecule has 0 aromatic carbocycles. The molecule has 1 N–H and O–H groups in total. The Morgan fingerprint density at radius 2 is 2.38 bits per heavy atom. The van der Waals surface area contributed by atoms with Gasteiger partial charge in [-0.3, -0.25) is 0 Å². The summed E-state index contributed by atoms with van der Waals surface area (Å²) < 4.78 is 0. The van der Waals surface area contributed by atoms with Crippen LogP contribution in [0.25, 0.3) is 0 Å². The third kappa shape index (κ3) is 1.50. The van der Waals surface area contributed by atoms with Crippen molar-refractivity contribution >= 4 is 5.82 Å². The molecule has 5 nitrogen and oxygen atoms in total. The smallest absolute Gasteiger partial charge is 0.358 e. The van der Waals surface area contributed by atoms with Gasteiger partial charge in [-0.05, 0) is 28.9 Å². The first-order valence-electron chi connectivity index (χ1n) is 4.11. The summed E-state index contributed by atoms with van der Waals surface area (Å²) in [7, 11) is 0. The summed E-state index contributed by atoms with van der Waals surface area (Å²) in [6.07, 6.45) is 2.65. The fraction of sp³-hybridized carbons (Fsp3) is 0.375. The average molecular weight is 179 g/mol. The molecule has 1 fully saturated rings. The number of hydrogen-bond acceptors (Lipinski definition) is 4. The zero-order chi connectivity index (χ0) is 9.26. The molecule has 1 aromatic heterocycles. The molecule has 1 aliphatic heterocycles. The molecule has 0 unspecified atom stereocenters. The predicted octanol–water partition coefficient (Wildman–Crippen LogP) is 1.02. The van der Waals surface area contributed by atoms with Gasteiger partial charge in [0.05, 0.1) is 0 Å². The molecule has 68 valence electrons. The topological polar surface area (TPSA) is 68.1 Å². The summed E-state index contributed by atoms with van der Waals surface area (Å²) in [4.78, 5) is 13.5. The largest absolute Gasteiger partial charge is 0.363 e. The lowest BCUT2D eigenvalue weighted by molar-refractivity contribution is -0.389. The Morgan fingerprint density at radius 3 is 2.77 bits per heavy atom. The Bertz CT molecular complexity index is 319. The van der Waals surface area contributed by atoms with E-state index < -0.39 is 4.92 Å². The molecule has 0 spiro atoms. The Kier molecular flexibility index (Phi) is 1.94. The number of nitro groups is 1. The SMILES string of the molecule is O=[N+]([O-])c1ccc([C@@H]2CCN2)cn1. The second-order valence-corrected chi connectivity index (χ2v) is 3.00. The van der Waals surface area contributed by atoms with Crippen molar-refractivity contribution in [3.63, 3.8) is 0 Å². The minimum absolute atomic E-state index is 0.0944. The van der Waals surface area contributed by atoms with Crippen molar-refractivity contribution < 1.29 is 4.92 Å². The second kappa shape index (κ2) is 3.10. The second-order valence-electron chi connectivity index (χ2n) is 3.00. The van der Waals surface area contributed by atoms with E-state index in [1.54, 1.807) is 12.3 Å². The molecule has 0 radical (unpaired) electrons. The minimum atomic E-state index is -0.488. The third-order valence-electron chi connectivity index (χ3n) is 2.18. The molecule has 1 aliphatic rings. The summed E-state index contributed by atoms with van der Waals surface area (Å²) in [5, 5.41) is 13.5. The maximum atomic E-state index is 10.3. The molecule has 0 amide bonds. The first kappa shape index (κ1) is 8.12. The van der Waals surface area contributed by atoms with E-state index in [9.17, 15) is 10.1 Å². The minimum Gasteiger partial charge on any atom is -0.358 e. The highest BCUT2D eigenvalue weighted by atomic mass is 16.6. The van der Waals surface area contributed by atoms with Crippen molar-refractivity contribution in [2.75, 3.05) is 6.54 Å². The lowest BCUT2D eigenvalue weighted by Crippen LogP contribution is -2.34. The van der Waals surface area contributed by atoms with Crippen LogP contribution in [0.1, 0.15) is 18.0 Å². The van der Waals surface area contributed by atoms with E-state index in [-0.39, 0.29) is 5.82 Å². The van der Waals surface area contributed by atoms with E-state index in [2.05, 4.69) is 10.3 Å². The van der Waals surface area contributed by atoms with Crippen LogP contribution in [-0.2, 0) is 0 Å². The van der Waals surface area contributed by atoms with Crippen LogP contribution in [0.5, 0.6) is 0 Å². The number of rotatable bonds is 2. The van der Waals surface area contributed by atoms with E-state index in [4.69, 9.17) is 0 Å². The average Bonchev–Trinajstić information content (AvgIpc) is 2.02. The van der Waals surface area contributed by atoms with Gasteiger partial charge in [0.15, 0.2) is 0 Å². The molecule has 2 rings (SSSR count). The fourth-order valence-corrected chi connectivity index (χ4v) is 1.28. The quantitative estimate of drug-likeness (QED) is 0.543. The molecule has 1 atom stereocenters. The fourth-order valence-electron chi connectivity index (χ4n) is 1.28. The highest BCUT2D eigenvalue weighted by Gasteiger charge is 2.20. The number of pyridine rings is 1. The predicted molar refractivity (Wildman–Crippen MR) is 46.3 cm³/mol. The van der Waals surface area contributed by atoms with E-state index in [0.29, 0.717) is 6.04 Å². The van der Waals surface area contributed by atoms with E-state index in [1.807, 2.05) is 0 Å². The first-order chi connectivity index (χ1) is 6.27. The van der Waals surface area contributed by atoms with Gasteiger partial charge in [0.1, 0.15) is 6.20 Å². The molecule has 2 heterocycles. The number of aromatic nitrogens is 1. The highest BCUT2D eigenvalue weighted by Crippen LogP contribution is 2.22. The van der Waals surface area contributed by atoms with Gasteiger partial charge < -0.3 is 15.4 Å². The number of hydrogen-bond donors (Lipinski definition) is 1. The highest BCUT2D eigenvalue weighted by molar-refractivity contribution is 5.25. The standard InChI is InChI=1S/C8H9N3O2/c12-11(13)8-2-1-6(5-10-8)7-3-4-9-7/h1-2,5,7,9H,3-4H2/t7-/m0/s1. The zero-order valence-corrected chi connectivity index (χ0v) is 6.93. The van der Waals surface area contributed by atoms with Gasteiger partial charge in [0.2, 0.25) is 0 Å². The number of nitrogens with one attached hydrogen (secondary N) is 1. The summed E-state index contributed by atoms with van der Waals surface area (Å²) in [6, 6.07) is 3.53. The van der Waals surface area contributed by atoms with Gasteiger partial charge in [0, 0.05) is 17.7 Å². The van der Waals surface area contributed by atoms with Crippen molar-refractivity contribution in [1.82, 2.24) is 10.3 Å². The normalized spacial score (nSPS) is 20.8. The van der Waals surface area contributed by atoms with Crippen LogP contribution in [0.2, 0.25) is 0 Å². The van der Waals surface area contributed by atoms with Crippen molar-refractivity contribution in [2.45, 2.75) is 12.5 Å². The van der Waals surface area contributed by atoms with Gasteiger partial charge in [-0.1, -0.05) is 0 Å². The summed E-state index contributed by atoms with van der Waals surface area (Å²) in [6.45, 7) is 1.02. The van der Waals surface area contributed by atoms with Gasteiger partial charge in [-0.15, -0.1) is 0 Å².